The Hall–Kier alpha value is -1.75. The maximum Gasteiger partial charge on any atom is 0.255 e. The molecule has 1 amide bonds. The first kappa shape index (κ1) is 12.7. The van der Waals surface area contributed by atoms with Gasteiger partial charge in [0.25, 0.3) is 5.91 Å². The van der Waals surface area contributed by atoms with Crippen molar-refractivity contribution in [2.45, 2.75) is 31.9 Å². The van der Waals surface area contributed by atoms with Gasteiger partial charge in [0.15, 0.2) is 0 Å². The summed E-state index contributed by atoms with van der Waals surface area (Å²) in [6, 6.07) is 3.90. The van der Waals surface area contributed by atoms with Gasteiger partial charge >= 0.3 is 0 Å². The van der Waals surface area contributed by atoms with E-state index in [0.29, 0.717) is 6.61 Å². The molecule has 0 spiro atoms. The fourth-order valence-electron chi connectivity index (χ4n) is 2.04. The van der Waals surface area contributed by atoms with Gasteiger partial charge in [0, 0.05) is 12.7 Å². The van der Waals surface area contributed by atoms with Gasteiger partial charge < -0.3 is 20.3 Å². The monoisotopic (exact) mass is 251 g/mol. The van der Waals surface area contributed by atoms with E-state index < -0.39 is 5.54 Å². The number of benzene rings is 1. The number of carbonyl (C=O) groups excluding carboxylic acids is 1. The number of ether oxygens (including phenoxy) is 1. The molecule has 1 aromatic rings. The molecule has 18 heavy (non-hydrogen) atoms. The summed E-state index contributed by atoms with van der Waals surface area (Å²) in [5.41, 5.74) is -0.283. The van der Waals surface area contributed by atoms with Crippen molar-refractivity contribution < 1.29 is 19.7 Å². The van der Waals surface area contributed by atoms with E-state index in [2.05, 4.69) is 5.32 Å². The lowest BCUT2D eigenvalue weighted by Gasteiger charge is -2.29. The highest BCUT2D eigenvalue weighted by Crippen LogP contribution is 2.27. The third-order valence-corrected chi connectivity index (χ3v) is 3.51. The molecule has 1 fully saturated rings. The smallest absolute Gasteiger partial charge is 0.255 e. The Bertz CT molecular complexity index is 474. The summed E-state index contributed by atoms with van der Waals surface area (Å²) in [6.45, 7) is 4.43. The van der Waals surface area contributed by atoms with Crippen molar-refractivity contribution in [3.8, 4) is 11.5 Å². The van der Waals surface area contributed by atoms with Gasteiger partial charge in [0.1, 0.15) is 11.5 Å². The van der Waals surface area contributed by atoms with Gasteiger partial charge in [-0.3, -0.25) is 4.79 Å². The number of aromatic hydroxyl groups is 2. The molecule has 2 unspecified atom stereocenters. The van der Waals surface area contributed by atoms with E-state index in [1.807, 2.05) is 13.8 Å². The lowest BCUT2D eigenvalue weighted by molar-refractivity contribution is 0.0725. The average Bonchev–Trinajstić information content (AvgIpc) is 2.58. The summed E-state index contributed by atoms with van der Waals surface area (Å²) in [4.78, 5) is 12.1. The first-order valence-corrected chi connectivity index (χ1v) is 5.88. The third kappa shape index (κ3) is 2.26. The topological polar surface area (TPSA) is 78.8 Å². The second-order valence-electron chi connectivity index (χ2n) is 4.84. The molecule has 2 rings (SSSR count). The lowest BCUT2D eigenvalue weighted by atomic mass is 9.94. The van der Waals surface area contributed by atoms with Crippen molar-refractivity contribution in [1.29, 1.82) is 0 Å². The third-order valence-electron chi connectivity index (χ3n) is 3.51. The first-order valence-electron chi connectivity index (χ1n) is 5.88. The Balaban J connectivity index is 2.17. The van der Waals surface area contributed by atoms with Crippen LogP contribution in [0.15, 0.2) is 18.2 Å². The maximum absolute atomic E-state index is 12.1. The second-order valence-corrected chi connectivity index (χ2v) is 4.84. The van der Waals surface area contributed by atoms with Gasteiger partial charge in [-0.1, -0.05) is 0 Å². The quantitative estimate of drug-likeness (QED) is 0.742. The van der Waals surface area contributed by atoms with Crippen LogP contribution in [0.2, 0.25) is 0 Å². The highest BCUT2D eigenvalue weighted by molar-refractivity contribution is 5.97. The minimum Gasteiger partial charge on any atom is -0.508 e. The number of hydrogen-bond donors (Lipinski definition) is 3. The number of phenolic OH excluding ortho intramolecular Hbond substituents is 2. The van der Waals surface area contributed by atoms with Crippen molar-refractivity contribution in [3.05, 3.63) is 23.8 Å². The summed E-state index contributed by atoms with van der Waals surface area (Å²) in [7, 11) is 0. The van der Waals surface area contributed by atoms with Crippen molar-refractivity contribution in [2.75, 3.05) is 6.61 Å². The molecule has 0 radical (unpaired) electrons. The Morgan fingerprint density at radius 3 is 2.78 bits per heavy atom. The molecule has 0 saturated carbocycles. The van der Waals surface area contributed by atoms with E-state index >= 15 is 0 Å². The molecule has 1 aromatic carbocycles. The SMILES string of the molecule is CC1OCCC1(C)NC(=O)c1ccc(O)cc1O. The van der Waals surface area contributed by atoms with E-state index in [4.69, 9.17) is 4.74 Å². The van der Waals surface area contributed by atoms with Gasteiger partial charge in [-0.25, -0.2) is 0 Å². The molecular weight excluding hydrogens is 234 g/mol. The Labute approximate surface area is 105 Å². The molecule has 0 bridgehead atoms. The van der Waals surface area contributed by atoms with E-state index in [0.717, 1.165) is 12.5 Å². The molecular formula is C13H17NO4. The minimum atomic E-state index is -0.429. The van der Waals surface area contributed by atoms with Crippen LogP contribution in [0.5, 0.6) is 11.5 Å². The number of hydrogen-bond acceptors (Lipinski definition) is 4. The van der Waals surface area contributed by atoms with Crippen LogP contribution in [-0.2, 0) is 4.74 Å². The largest absolute Gasteiger partial charge is 0.508 e. The van der Waals surface area contributed by atoms with Gasteiger partial charge in [-0.2, -0.15) is 0 Å². The summed E-state index contributed by atoms with van der Waals surface area (Å²) < 4.78 is 5.44. The van der Waals surface area contributed by atoms with Crippen LogP contribution < -0.4 is 5.32 Å². The van der Waals surface area contributed by atoms with Crippen molar-refractivity contribution in [1.82, 2.24) is 5.32 Å². The number of phenols is 2. The van der Waals surface area contributed by atoms with Gasteiger partial charge in [-0.15, -0.1) is 0 Å². The van der Waals surface area contributed by atoms with Crippen LogP contribution >= 0.6 is 0 Å². The number of carbonyl (C=O) groups is 1. The lowest BCUT2D eigenvalue weighted by Crippen LogP contribution is -2.50. The van der Waals surface area contributed by atoms with Crippen LogP contribution in [-0.4, -0.2) is 34.4 Å². The zero-order valence-corrected chi connectivity index (χ0v) is 10.4. The van der Waals surface area contributed by atoms with E-state index in [9.17, 15) is 15.0 Å². The normalized spacial score (nSPS) is 27.1. The molecule has 5 nitrogen and oxygen atoms in total. The van der Waals surface area contributed by atoms with E-state index in [1.165, 1.54) is 12.1 Å². The highest BCUT2D eigenvalue weighted by Gasteiger charge is 2.38. The fraction of sp³-hybridized carbons (Fsp3) is 0.462. The van der Waals surface area contributed by atoms with Crippen LogP contribution in [0.1, 0.15) is 30.6 Å². The summed E-state index contributed by atoms with van der Waals surface area (Å²) >= 11 is 0. The Morgan fingerprint density at radius 2 is 2.22 bits per heavy atom. The van der Waals surface area contributed by atoms with Crippen LogP contribution in [0, 0.1) is 0 Å². The Kier molecular flexibility index (Phi) is 3.17. The first-order chi connectivity index (χ1) is 8.42. The van der Waals surface area contributed by atoms with Crippen LogP contribution in [0.3, 0.4) is 0 Å². The van der Waals surface area contributed by atoms with E-state index in [-0.39, 0.29) is 29.1 Å². The molecule has 3 N–H and O–H groups in total. The number of nitrogens with one attached hydrogen (secondary N) is 1. The average molecular weight is 251 g/mol. The van der Waals surface area contributed by atoms with Crippen LogP contribution in [0.4, 0.5) is 0 Å². The zero-order valence-electron chi connectivity index (χ0n) is 10.4. The highest BCUT2D eigenvalue weighted by atomic mass is 16.5. The zero-order chi connectivity index (χ0) is 13.3. The molecule has 98 valence electrons. The predicted octanol–water partition coefficient (Wildman–Crippen LogP) is 1.40. The van der Waals surface area contributed by atoms with Gasteiger partial charge in [0.05, 0.1) is 17.2 Å². The minimum absolute atomic E-state index is 0.0688. The molecule has 1 aliphatic rings. The second kappa shape index (κ2) is 4.49. The molecule has 0 aromatic heterocycles. The molecule has 2 atom stereocenters. The van der Waals surface area contributed by atoms with Gasteiger partial charge in [-0.05, 0) is 32.4 Å². The van der Waals surface area contributed by atoms with Crippen molar-refractivity contribution in [3.63, 3.8) is 0 Å². The molecule has 1 aliphatic heterocycles. The standard InChI is InChI=1S/C13H17NO4/c1-8-13(2,5-6-18-8)14-12(17)10-4-3-9(15)7-11(10)16/h3-4,7-8,15-16H,5-6H2,1-2H3,(H,14,17). The molecule has 0 aliphatic carbocycles. The fourth-order valence-corrected chi connectivity index (χ4v) is 2.04. The summed E-state index contributed by atoms with van der Waals surface area (Å²) in [6.07, 6.45) is 0.666. The van der Waals surface area contributed by atoms with Crippen molar-refractivity contribution in [2.24, 2.45) is 0 Å². The molecule has 1 saturated heterocycles. The maximum atomic E-state index is 12.1. The molecule has 1 heterocycles. The van der Waals surface area contributed by atoms with Gasteiger partial charge in [0.2, 0.25) is 0 Å². The number of amides is 1. The summed E-state index contributed by atoms with van der Waals surface area (Å²) in [5.74, 6) is -0.678. The van der Waals surface area contributed by atoms with Crippen LogP contribution in [0.25, 0.3) is 0 Å². The predicted molar refractivity (Wildman–Crippen MR) is 65.7 cm³/mol. The Morgan fingerprint density at radius 1 is 1.50 bits per heavy atom. The number of rotatable bonds is 2. The molecule has 5 heteroatoms. The van der Waals surface area contributed by atoms with Crippen molar-refractivity contribution >= 4 is 5.91 Å². The van der Waals surface area contributed by atoms with E-state index in [1.54, 1.807) is 0 Å². The summed E-state index contributed by atoms with van der Waals surface area (Å²) in [5, 5.41) is 21.7.